The number of nitrogens with one attached hydrogen (secondary N) is 2. The lowest BCUT2D eigenvalue weighted by Crippen LogP contribution is -2.37. The summed E-state index contributed by atoms with van der Waals surface area (Å²) in [5.41, 5.74) is 9.40. The van der Waals surface area contributed by atoms with Crippen molar-refractivity contribution in [2.75, 3.05) is 37.4 Å². The molecule has 2 rings (SSSR count). The van der Waals surface area contributed by atoms with E-state index < -0.39 is 0 Å². The van der Waals surface area contributed by atoms with E-state index in [0.29, 0.717) is 24.3 Å². The predicted octanol–water partition coefficient (Wildman–Crippen LogP) is 3.27. The first-order chi connectivity index (χ1) is 14.6. The van der Waals surface area contributed by atoms with Crippen LogP contribution in [0, 0.1) is 18.3 Å². The molecule has 0 unspecified atom stereocenters. The van der Waals surface area contributed by atoms with Crippen LogP contribution in [0.15, 0.2) is 29.3 Å². The lowest BCUT2D eigenvalue weighted by atomic mass is 10.1. The summed E-state index contributed by atoms with van der Waals surface area (Å²) in [6.45, 7) is 6.49. The van der Waals surface area contributed by atoms with Crippen molar-refractivity contribution in [2.45, 2.75) is 39.5 Å². The number of unbranched alkanes of at least 4 members (excludes halogenated alkanes) is 1. The predicted molar refractivity (Wildman–Crippen MR) is 127 cm³/mol. The minimum atomic E-state index is 0.389. The van der Waals surface area contributed by atoms with Gasteiger partial charge in [0.1, 0.15) is 17.5 Å². The number of hydrogen-bond acceptors (Lipinski definition) is 5. The summed E-state index contributed by atoms with van der Waals surface area (Å²) in [6.07, 6.45) is 5.92. The number of hydrogen-bond donors (Lipinski definition) is 3. The number of nitrogens with zero attached hydrogens (tertiary/aromatic N) is 4. The lowest BCUT2D eigenvalue weighted by molar-refractivity contribution is 0.725. The third-order valence-corrected chi connectivity index (χ3v) is 5.33. The van der Waals surface area contributed by atoms with Crippen molar-refractivity contribution >= 4 is 23.5 Å². The van der Waals surface area contributed by atoms with E-state index in [1.807, 2.05) is 43.0 Å². The molecule has 0 atom stereocenters. The summed E-state index contributed by atoms with van der Waals surface area (Å²) in [7, 11) is 0. The van der Waals surface area contributed by atoms with Gasteiger partial charge in [0.05, 0.1) is 11.4 Å². The van der Waals surface area contributed by atoms with Crippen LogP contribution in [0.3, 0.4) is 0 Å². The number of nitriles is 1. The molecule has 0 spiro atoms. The molecule has 162 valence electrons. The molecule has 0 aliphatic carbocycles. The molecule has 7 nitrogen and oxygen atoms in total. The maximum atomic E-state index is 9.54. The highest BCUT2D eigenvalue weighted by Crippen LogP contribution is 2.21. The molecular weight excluding hydrogens is 394 g/mol. The van der Waals surface area contributed by atoms with Gasteiger partial charge >= 0.3 is 0 Å². The molecule has 0 bridgehead atoms. The first-order valence-electron chi connectivity index (χ1n) is 10.5. The van der Waals surface area contributed by atoms with E-state index in [2.05, 4.69) is 40.0 Å². The first-order valence-corrected chi connectivity index (χ1v) is 11.9. The molecule has 1 aromatic carbocycles. The Labute approximate surface area is 184 Å². The molecular formula is C22H33N7S. The van der Waals surface area contributed by atoms with Crippen molar-refractivity contribution in [3.05, 3.63) is 41.1 Å². The van der Waals surface area contributed by atoms with Gasteiger partial charge in [0.2, 0.25) is 0 Å². The van der Waals surface area contributed by atoms with Gasteiger partial charge in [-0.1, -0.05) is 17.7 Å². The van der Waals surface area contributed by atoms with Crippen molar-refractivity contribution in [1.29, 1.82) is 5.26 Å². The van der Waals surface area contributed by atoms with Gasteiger partial charge in [-0.2, -0.15) is 22.1 Å². The monoisotopic (exact) mass is 427 g/mol. The number of aryl methyl sites for hydroxylation is 2. The molecule has 0 saturated heterocycles. The fraction of sp³-hybridized carbons (Fsp3) is 0.500. The maximum absolute atomic E-state index is 9.54. The normalized spacial score (nSPS) is 11.3. The number of aromatic nitrogens is 2. The summed E-state index contributed by atoms with van der Waals surface area (Å²) in [6, 6.07) is 10.1. The van der Waals surface area contributed by atoms with Crippen LogP contribution in [0.5, 0.6) is 0 Å². The molecule has 30 heavy (non-hydrogen) atoms. The van der Waals surface area contributed by atoms with Crippen molar-refractivity contribution in [3.8, 4) is 11.8 Å². The van der Waals surface area contributed by atoms with Gasteiger partial charge in [-0.3, -0.25) is 4.99 Å². The van der Waals surface area contributed by atoms with Crippen molar-refractivity contribution in [2.24, 2.45) is 4.99 Å². The molecule has 8 heteroatoms. The minimum Gasteiger partial charge on any atom is -0.382 e. The molecule has 2 aromatic rings. The van der Waals surface area contributed by atoms with E-state index in [1.165, 1.54) is 12.2 Å². The SMILES string of the molecule is CCNC(=NCCCc1nn(-c2ccc(C)cc2)c(N)c1C#N)NCCCCSC. The molecule has 0 amide bonds. The molecule has 4 N–H and O–H groups in total. The van der Waals surface area contributed by atoms with Gasteiger partial charge in [-0.05, 0) is 63.7 Å². The zero-order valence-electron chi connectivity index (χ0n) is 18.2. The smallest absolute Gasteiger partial charge is 0.191 e. The Morgan fingerprint density at radius 1 is 1.23 bits per heavy atom. The number of aliphatic imine (C=N–C) groups is 1. The van der Waals surface area contributed by atoms with E-state index >= 15 is 0 Å². The van der Waals surface area contributed by atoms with Gasteiger partial charge < -0.3 is 16.4 Å². The minimum absolute atomic E-state index is 0.389. The second-order valence-corrected chi connectivity index (χ2v) is 8.04. The molecule has 0 aliphatic rings. The van der Waals surface area contributed by atoms with Crippen molar-refractivity contribution in [3.63, 3.8) is 0 Å². The molecule has 1 heterocycles. The zero-order chi connectivity index (χ0) is 21.8. The Morgan fingerprint density at radius 2 is 2.00 bits per heavy atom. The molecule has 0 radical (unpaired) electrons. The number of anilines is 1. The Bertz CT molecular complexity index is 850. The third kappa shape index (κ3) is 6.99. The quantitative estimate of drug-likeness (QED) is 0.289. The zero-order valence-corrected chi connectivity index (χ0v) is 19.1. The average molecular weight is 428 g/mol. The van der Waals surface area contributed by atoms with E-state index in [4.69, 9.17) is 5.73 Å². The summed E-state index contributed by atoms with van der Waals surface area (Å²) < 4.78 is 1.65. The maximum Gasteiger partial charge on any atom is 0.191 e. The molecule has 1 aromatic heterocycles. The number of thioether (sulfide) groups is 1. The molecule has 0 fully saturated rings. The topological polar surface area (TPSA) is 104 Å². The van der Waals surface area contributed by atoms with E-state index in [1.54, 1.807) is 4.68 Å². The second-order valence-electron chi connectivity index (χ2n) is 7.06. The van der Waals surface area contributed by atoms with E-state index in [0.717, 1.165) is 48.8 Å². The van der Waals surface area contributed by atoms with Crippen molar-refractivity contribution < 1.29 is 0 Å². The van der Waals surface area contributed by atoms with Crippen LogP contribution in [-0.2, 0) is 6.42 Å². The van der Waals surface area contributed by atoms with Crippen LogP contribution < -0.4 is 16.4 Å². The van der Waals surface area contributed by atoms with Gasteiger partial charge in [0, 0.05) is 19.6 Å². The average Bonchev–Trinajstić information content (AvgIpc) is 3.06. The Kier molecular flexibility index (Phi) is 10.1. The van der Waals surface area contributed by atoms with Crippen LogP contribution in [0.2, 0.25) is 0 Å². The number of benzene rings is 1. The summed E-state index contributed by atoms with van der Waals surface area (Å²) in [5, 5.41) is 20.8. The van der Waals surface area contributed by atoms with E-state index in [-0.39, 0.29) is 0 Å². The lowest BCUT2D eigenvalue weighted by Gasteiger charge is -2.11. The molecule has 0 aliphatic heterocycles. The van der Waals surface area contributed by atoms with Crippen LogP contribution >= 0.6 is 11.8 Å². The largest absolute Gasteiger partial charge is 0.382 e. The number of nitrogens with two attached hydrogens (primary N) is 1. The Morgan fingerprint density at radius 3 is 2.67 bits per heavy atom. The molecule has 0 saturated carbocycles. The van der Waals surface area contributed by atoms with Crippen molar-refractivity contribution in [1.82, 2.24) is 20.4 Å². The highest BCUT2D eigenvalue weighted by molar-refractivity contribution is 7.98. The second kappa shape index (κ2) is 12.8. The Balaban J connectivity index is 1.95. The highest BCUT2D eigenvalue weighted by Gasteiger charge is 2.16. The fourth-order valence-corrected chi connectivity index (χ4v) is 3.51. The van der Waals surface area contributed by atoms with Gasteiger partial charge in [-0.25, -0.2) is 4.68 Å². The van der Waals surface area contributed by atoms with E-state index in [9.17, 15) is 5.26 Å². The highest BCUT2D eigenvalue weighted by atomic mass is 32.2. The van der Waals surface area contributed by atoms with Crippen LogP contribution in [0.25, 0.3) is 5.69 Å². The van der Waals surface area contributed by atoms with Crippen LogP contribution in [-0.4, -0.2) is 47.4 Å². The van der Waals surface area contributed by atoms with Gasteiger partial charge in [0.25, 0.3) is 0 Å². The van der Waals surface area contributed by atoms with Crippen LogP contribution in [0.4, 0.5) is 5.82 Å². The standard InChI is InChI=1S/C22H33N7S/c1-4-25-22(26-13-5-6-15-30-3)27-14-7-8-20-19(16-23)21(24)29(28-20)18-11-9-17(2)10-12-18/h9-12H,4-8,13-15,24H2,1-3H3,(H2,25,26,27). The number of guanidine groups is 1. The summed E-state index contributed by atoms with van der Waals surface area (Å²) >= 11 is 1.88. The number of rotatable bonds is 11. The summed E-state index contributed by atoms with van der Waals surface area (Å²) in [5.74, 6) is 2.42. The number of nitrogen functional groups attached to an aromatic ring is 1. The fourth-order valence-electron chi connectivity index (χ4n) is 3.02. The van der Waals surface area contributed by atoms with Gasteiger partial charge in [-0.15, -0.1) is 0 Å². The first kappa shape index (κ1) is 23.6. The van der Waals surface area contributed by atoms with Gasteiger partial charge in [0.15, 0.2) is 5.96 Å². The third-order valence-electron chi connectivity index (χ3n) is 4.64. The van der Waals surface area contributed by atoms with Crippen LogP contribution in [0.1, 0.15) is 43.0 Å². The Hall–Kier alpha value is -2.66. The summed E-state index contributed by atoms with van der Waals surface area (Å²) in [4.78, 5) is 4.64.